The predicted molar refractivity (Wildman–Crippen MR) is 97.2 cm³/mol. The Balaban J connectivity index is 2.06. The molecular weight excluding hydrogens is 351 g/mol. The van der Waals surface area contributed by atoms with Gasteiger partial charge in [-0.05, 0) is 17.7 Å². The van der Waals surface area contributed by atoms with Gasteiger partial charge in [-0.25, -0.2) is 4.79 Å². The Labute approximate surface area is 150 Å². The fourth-order valence-electron chi connectivity index (χ4n) is 1.93. The molecule has 0 saturated carbocycles. The van der Waals surface area contributed by atoms with Crippen LogP contribution in [0.4, 0.5) is 10.5 Å². The summed E-state index contributed by atoms with van der Waals surface area (Å²) < 4.78 is 10.3. The maximum Gasteiger partial charge on any atom is 0.323 e. The van der Waals surface area contributed by atoms with E-state index in [0.717, 1.165) is 5.56 Å². The molecule has 0 aliphatic carbocycles. The number of anilines is 1. The number of benzene rings is 2. The summed E-state index contributed by atoms with van der Waals surface area (Å²) in [5.74, 6) is 0.852. The molecule has 0 fully saturated rings. The van der Waals surface area contributed by atoms with E-state index in [-0.39, 0.29) is 0 Å². The number of carbonyl (C=O) groups excluding carboxylic acids is 1. The van der Waals surface area contributed by atoms with Gasteiger partial charge in [0.05, 0.1) is 24.9 Å². The Kier molecular flexibility index (Phi) is 6.35. The summed E-state index contributed by atoms with van der Waals surface area (Å²) in [6, 6.07) is 10.0. The van der Waals surface area contributed by atoms with Crippen molar-refractivity contribution in [2.75, 3.05) is 19.5 Å². The molecule has 0 aliphatic heterocycles. The fourth-order valence-corrected chi connectivity index (χ4v) is 2.36. The van der Waals surface area contributed by atoms with E-state index in [9.17, 15) is 4.79 Å². The zero-order valence-corrected chi connectivity index (χ0v) is 14.6. The maximum atomic E-state index is 12.0. The summed E-state index contributed by atoms with van der Waals surface area (Å²) in [5, 5.41) is 6.24. The van der Waals surface area contributed by atoms with Crippen LogP contribution in [0.3, 0.4) is 0 Å². The zero-order chi connectivity index (χ0) is 17.5. The molecule has 0 spiro atoms. The highest BCUT2D eigenvalue weighted by Gasteiger charge is 2.11. The lowest BCUT2D eigenvalue weighted by atomic mass is 10.2. The molecule has 0 bridgehead atoms. The van der Waals surface area contributed by atoms with Crippen LogP contribution < -0.4 is 20.1 Å². The molecule has 0 saturated heterocycles. The fraction of sp³-hybridized carbons (Fsp3) is 0.118. The summed E-state index contributed by atoms with van der Waals surface area (Å²) in [5.41, 5.74) is 1.23. The van der Waals surface area contributed by atoms with Crippen molar-refractivity contribution in [3.05, 3.63) is 58.2 Å². The standard InChI is InChI=1S/C17H16Cl2N2O3/c1-23-15-10-14(16(24-2)9-13(15)19)21-17(22)20-8-7-11-5-3-4-6-12(11)18/h3-10H,1-2H3,(H2,20,21,22)/b8-7+. The molecule has 2 N–H and O–H groups in total. The van der Waals surface area contributed by atoms with Gasteiger partial charge >= 0.3 is 6.03 Å². The molecular formula is C17H16Cl2N2O3. The normalized spacial score (nSPS) is 10.5. The Morgan fingerprint density at radius 3 is 2.42 bits per heavy atom. The Morgan fingerprint density at radius 1 is 1.04 bits per heavy atom. The minimum atomic E-state index is -0.444. The van der Waals surface area contributed by atoms with Gasteiger partial charge in [0.2, 0.25) is 0 Å². The van der Waals surface area contributed by atoms with E-state index >= 15 is 0 Å². The van der Waals surface area contributed by atoms with Crippen LogP contribution in [0.15, 0.2) is 42.6 Å². The number of urea groups is 1. The first-order chi connectivity index (χ1) is 11.5. The minimum Gasteiger partial charge on any atom is -0.495 e. The Morgan fingerprint density at radius 2 is 1.75 bits per heavy atom. The molecule has 0 radical (unpaired) electrons. The smallest absolute Gasteiger partial charge is 0.323 e. The molecule has 0 heterocycles. The predicted octanol–water partition coefficient (Wildman–Crippen LogP) is 4.80. The number of ether oxygens (including phenoxy) is 2. The summed E-state index contributed by atoms with van der Waals surface area (Å²) in [4.78, 5) is 12.0. The lowest BCUT2D eigenvalue weighted by Crippen LogP contribution is -2.24. The third-order valence-electron chi connectivity index (χ3n) is 3.10. The third kappa shape index (κ3) is 4.57. The molecule has 0 aliphatic rings. The van der Waals surface area contributed by atoms with Crippen LogP contribution in [-0.4, -0.2) is 20.3 Å². The van der Waals surface area contributed by atoms with Crippen LogP contribution in [0.1, 0.15) is 5.56 Å². The molecule has 0 unspecified atom stereocenters. The molecule has 0 aromatic heterocycles. The molecule has 7 heteroatoms. The van der Waals surface area contributed by atoms with Gasteiger partial charge in [-0.1, -0.05) is 41.4 Å². The highest BCUT2D eigenvalue weighted by atomic mass is 35.5. The number of hydrogen-bond donors (Lipinski definition) is 2. The van der Waals surface area contributed by atoms with Crippen LogP contribution in [0.25, 0.3) is 6.08 Å². The van der Waals surface area contributed by atoms with E-state index < -0.39 is 6.03 Å². The van der Waals surface area contributed by atoms with Crippen LogP contribution in [0.5, 0.6) is 11.5 Å². The van der Waals surface area contributed by atoms with Crippen LogP contribution in [0, 0.1) is 0 Å². The number of rotatable bonds is 5. The highest BCUT2D eigenvalue weighted by molar-refractivity contribution is 6.32. The van der Waals surface area contributed by atoms with Crippen molar-refractivity contribution in [1.82, 2.24) is 5.32 Å². The number of nitrogens with one attached hydrogen (secondary N) is 2. The maximum absolute atomic E-state index is 12.0. The molecule has 5 nitrogen and oxygen atoms in total. The quantitative estimate of drug-likeness (QED) is 0.798. The molecule has 2 amide bonds. The number of amides is 2. The van der Waals surface area contributed by atoms with Gasteiger partial charge in [0.25, 0.3) is 0 Å². The van der Waals surface area contributed by atoms with Gasteiger partial charge in [0.15, 0.2) is 0 Å². The molecule has 24 heavy (non-hydrogen) atoms. The van der Waals surface area contributed by atoms with Crippen LogP contribution >= 0.6 is 23.2 Å². The van der Waals surface area contributed by atoms with E-state index in [1.807, 2.05) is 18.2 Å². The van der Waals surface area contributed by atoms with Gasteiger partial charge in [0.1, 0.15) is 11.5 Å². The molecule has 2 aromatic rings. The van der Waals surface area contributed by atoms with Crippen molar-refractivity contribution in [1.29, 1.82) is 0 Å². The Hall–Kier alpha value is -2.37. The van der Waals surface area contributed by atoms with Crippen molar-refractivity contribution < 1.29 is 14.3 Å². The summed E-state index contributed by atoms with van der Waals surface area (Å²) in [6.07, 6.45) is 3.19. The van der Waals surface area contributed by atoms with Gasteiger partial charge in [-0.2, -0.15) is 0 Å². The average molecular weight is 367 g/mol. The topological polar surface area (TPSA) is 59.6 Å². The van der Waals surface area contributed by atoms with Crippen molar-refractivity contribution in [3.8, 4) is 11.5 Å². The monoisotopic (exact) mass is 366 g/mol. The lowest BCUT2D eigenvalue weighted by molar-refractivity contribution is 0.255. The first kappa shape index (κ1) is 18.0. The summed E-state index contributed by atoms with van der Waals surface area (Å²) in [7, 11) is 2.97. The minimum absolute atomic E-state index is 0.388. The second-order valence-electron chi connectivity index (χ2n) is 4.64. The molecule has 126 valence electrons. The average Bonchev–Trinajstić information content (AvgIpc) is 2.57. The van der Waals surface area contributed by atoms with Crippen molar-refractivity contribution >= 4 is 41.0 Å². The van der Waals surface area contributed by atoms with Crippen molar-refractivity contribution in [3.63, 3.8) is 0 Å². The van der Waals surface area contributed by atoms with Gasteiger partial charge < -0.3 is 20.1 Å². The van der Waals surface area contributed by atoms with E-state index in [1.54, 1.807) is 24.3 Å². The van der Waals surface area contributed by atoms with Gasteiger partial charge in [0, 0.05) is 23.4 Å². The third-order valence-corrected chi connectivity index (χ3v) is 3.74. The van der Waals surface area contributed by atoms with Gasteiger partial charge in [-0.15, -0.1) is 0 Å². The van der Waals surface area contributed by atoms with Crippen LogP contribution in [0.2, 0.25) is 10.0 Å². The van der Waals surface area contributed by atoms with Crippen molar-refractivity contribution in [2.24, 2.45) is 0 Å². The summed E-state index contributed by atoms with van der Waals surface area (Å²) in [6.45, 7) is 0. The SMILES string of the molecule is COc1cc(NC(=O)N/C=C/c2ccccc2Cl)c(OC)cc1Cl. The second-order valence-corrected chi connectivity index (χ2v) is 5.45. The summed E-state index contributed by atoms with van der Waals surface area (Å²) >= 11 is 12.1. The van der Waals surface area contributed by atoms with E-state index in [2.05, 4.69) is 10.6 Å². The largest absolute Gasteiger partial charge is 0.495 e. The van der Waals surface area contributed by atoms with Crippen molar-refractivity contribution in [2.45, 2.75) is 0 Å². The Bertz CT molecular complexity index is 763. The molecule has 0 atom stereocenters. The molecule has 2 rings (SSSR count). The van der Waals surface area contributed by atoms with Crippen LogP contribution in [-0.2, 0) is 0 Å². The zero-order valence-electron chi connectivity index (χ0n) is 13.1. The van der Waals surface area contributed by atoms with E-state index in [1.165, 1.54) is 20.4 Å². The second kappa shape index (κ2) is 8.47. The van der Waals surface area contributed by atoms with E-state index in [4.69, 9.17) is 32.7 Å². The number of hydrogen-bond acceptors (Lipinski definition) is 3. The number of halogens is 2. The first-order valence-electron chi connectivity index (χ1n) is 6.95. The highest BCUT2D eigenvalue weighted by Crippen LogP contribution is 2.35. The first-order valence-corrected chi connectivity index (χ1v) is 7.71. The van der Waals surface area contributed by atoms with Gasteiger partial charge in [-0.3, -0.25) is 0 Å². The lowest BCUT2D eigenvalue weighted by Gasteiger charge is -2.12. The van der Waals surface area contributed by atoms with E-state index in [0.29, 0.717) is 27.2 Å². The number of methoxy groups -OCH3 is 2. The number of carbonyl (C=O) groups is 1. The molecule has 2 aromatic carbocycles.